The lowest BCUT2D eigenvalue weighted by Gasteiger charge is -2.38. The second kappa shape index (κ2) is 7.33. The van der Waals surface area contributed by atoms with Gasteiger partial charge < -0.3 is 4.90 Å². The van der Waals surface area contributed by atoms with Crippen molar-refractivity contribution in [2.45, 2.75) is 19.1 Å². The Morgan fingerprint density at radius 3 is 2.31 bits per heavy atom. The van der Waals surface area contributed by atoms with Crippen LogP contribution in [0.4, 0.5) is 19.0 Å². The molecule has 0 radical (unpaired) electrons. The van der Waals surface area contributed by atoms with Gasteiger partial charge >= 0.3 is 6.18 Å². The summed E-state index contributed by atoms with van der Waals surface area (Å²) in [5.74, 6) is -0.657. The summed E-state index contributed by atoms with van der Waals surface area (Å²) in [4.78, 5) is 4.26. The quantitative estimate of drug-likeness (QED) is 0.672. The van der Waals surface area contributed by atoms with E-state index >= 15 is 0 Å². The molecule has 4 rings (SSSR count). The molecule has 0 aliphatic carbocycles. The number of benzene rings is 1. The molecule has 1 aliphatic heterocycles. The minimum atomic E-state index is -4.61. The molecule has 0 saturated carbocycles. The second-order valence-corrected chi connectivity index (χ2v) is 6.92. The standard InChI is InChI=1S/C19H18F3N7/c1-13(15-4-2-14(12-23)3-5-15)27-8-10-28(11-9-27)17-7-6-16-24-25-18(19(20,21)22)29(16)26-17/h2-7,13H,8-11H2,1H3/t13-/m1/s1. The van der Waals surface area contributed by atoms with Crippen molar-refractivity contribution < 1.29 is 13.2 Å². The molecule has 0 N–H and O–H groups in total. The maximum Gasteiger partial charge on any atom is 0.453 e. The van der Waals surface area contributed by atoms with Crippen molar-refractivity contribution in [1.82, 2.24) is 24.7 Å². The first-order valence-corrected chi connectivity index (χ1v) is 9.15. The lowest BCUT2D eigenvalue weighted by atomic mass is 10.0. The molecule has 1 atom stereocenters. The van der Waals surface area contributed by atoms with E-state index in [1.165, 1.54) is 6.07 Å². The number of halogens is 3. The van der Waals surface area contributed by atoms with Crippen LogP contribution in [0.5, 0.6) is 0 Å². The van der Waals surface area contributed by atoms with E-state index in [1.54, 1.807) is 18.2 Å². The first-order chi connectivity index (χ1) is 13.9. The molecular formula is C19H18F3N7. The number of nitriles is 1. The fourth-order valence-corrected chi connectivity index (χ4v) is 3.51. The van der Waals surface area contributed by atoms with Crippen LogP contribution in [-0.4, -0.2) is 50.9 Å². The molecule has 1 aliphatic rings. The summed E-state index contributed by atoms with van der Waals surface area (Å²) in [6.07, 6.45) is -4.61. The number of aromatic nitrogens is 4. The van der Waals surface area contributed by atoms with Crippen molar-refractivity contribution in [2.24, 2.45) is 0 Å². The van der Waals surface area contributed by atoms with Gasteiger partial charge in [-0.15, -0.1) is 15.3 Å². The van der Waals surface area contributed by atoms with E-state index in [9.17, 15) is 13.2 Å². The zero-order valence-corrected chi connectivity index (χ0v) is 15.6. The molecule has 2 aromatic heterocycles. The van der Waals surface area contributed by atoms with Crippen LogP contribution in [-0.2, 0) is 6.18 Å². The topological polar surface area (TPSA) is 73.4 Å². The molecule has 1 fully saturated rings. The third kappa shape index (κ3) is 3.73. The minimum Gasteiger partial charge on any atom is -0.353 e. The van der Waals surface area contributed by atoms with Gasteiger partial charge in [0.15, 0.2) is 5.65 Å². The molecule has 29 heavy (non-hydrogen) atoms. The van der Waals surface area contributed by atoms with Gasteiger partial charge in [-0.1, -0.05) is 12.1 Å². The number of piperazine rings is 1. The van der Waals surface area contributed by atoms with Gasteiger partial charge in [0.05, 0.1) is 11.6 Å². The summed E-state index contributed by atoms with van der Waals surface area (Å²) in [7, 11) is 0. The molecule has 3 aromatic rings. The number of nitrogens with zero attached hydrogens (tertiary/aromatic N) is 7. The van der Waals surface area contributed by atoms with Crippen LogP contribution in [0.1, 0.15) is 29.9 Å². The third-order valence-corrected chi connectivity index (χ3v) is 5.21. The van der Waals surface area contributed by atoms with Crippen LogP contribution < -0.4 is 4.90 Å². The van der Waals surface area contributed by atoms with E-state index < -0.39 is 12.0 Å². The first-order valence-electron chi connectivity index (χ1n) is 9.15. The van der Waals surface area contributed by atoms with Gasteiger partial charge in [-0.05, 0) is 36.8 Å². The predicted octanol–water partition coefficient (Wildman–Crippen LogP) is 2.90. The summed E-state index contributed by atoms with van der Waals surface area (Å²) in [6.45, 7) is 4.88. The van der Waals surface area contributed by atoms with E-state index in [2.05, 4.69) is 33.2 Å². The van der Waals surface area contributed by atoms with Crippen molar-refractivity contribution >= 4 is 11.5 Å². The molecule has 7 nitrogen and oxygen atoms in total. The summed E-state index contributed by atoms with van der Waals surface area (Å²) >= 11 is 0. The number of rotatable bonds is 3. The van der Waals surface area contributed by atoms with E-state index in [0.29, 0.717) is 24.5 Å². The highest BCUT2D eigenvalue weighted by Gasteiger charge is 2.38. The minimum absolute atomic E-state index is 0.0640. The van der Waals surface area contributed by atoms with E-state index in [4.69, 9.17) is 5.26 Å². The van der Waals surface area contributed by atoms with Crippen molar-refractivity contribution in [2.75, 3.05) is 31.1 Å². The molecule has 0 unspecified atom stereocenters. The average Bonchev–Trinajstić information content (AvgIpc) is 3.17. The number of hydrogen-bond acceptors (Lipinski definition) is 6. The Hall–Kier alpha value is -3.19. The molecular weight excluding hydrogens is 383 g/mol. The summed E-state index contributed by atoms with van der Waals surface area (Å²) < 4.78 is 40.0. The Labute approximate surface area is 165 Å². The Morgan fingerprint density at radius 2 is 1.69 bits per heavy atom. The van der Waals surface area contributed by atoms with Gasteiger partial charge in [0.25, 0.3) is 5.82 Å². The number of fused-ring (bicyclic) bond motifs is 1. The van der Waals surface area contributed by atoms with E-state index in [0.717, 1.165) is 23.2 Å². The Balaban J connectivity index is 1.47. The largest absolute Gasteiger partial charge is 0.453 e. The van der Waals surface area contributed by atoms with E-state index in [-0.39, 0.29) is 11.7 Å². The SMILES string of the molecule is C[C@H](c1ccc(C#N)cc1)N1CCN(c2ccc3nnc(C(F)(F)F)n3n2)CC1. The summed E-state index contributed by atoms with van der Waals surface area (Å²) in [5.41, 5.74) is 1.81. The fourth-order valence-electron chi connectivity index (χ4n) is 3.51. The fraction of sp³-hybridized carbons (Fsp3) is 0.368. The second-order valence-electron chi connectivity index (χ2n) is 6.92. The molecule has 0 bridgehead atoms. The van der Waals surface area contributed by atoms with E-state index in [1.807, 2.05) is 17.0 Å². The normalized spacial score (nSPS) is 16.7. The van der Waals surface area contributed by atoms with Gasteiger partial charge in [-0.3, -0.25) is 4.90 Å². The Bertz CT molecular complexity index is 1040. The van der Waals surface area contributed by atoms with Crippen LogP contribution in [0.3, 0.4) is 0 Å². The number of hydrogen-bond donors (Lipinski definition) is 0. The monoisotopic (exact) mass is 401 g/mol. The van der Waals surface area contributed by atoms with Crippen molar-refractivity contribution in [3.8, 4) is 6.07 Å². The lowest BCUT2D eigenvalue weighted by Crippen LogP contribution is -2.47. The average molecular weight is 401 g/mol. The lowest BCUT2D eigenvalue weighted by molar-refractivity contribution is -0.146. The van der Waals surface area contributed by atoms with Crippen LogP contribution in [0, 0.1) is 11.3 Å². The van der Waals surface area contributed by atoms with Crippen LogP contribution in [0.2, 0.25) is 0 Å². The number of alkyl halides is 3. The highest BCUT2D eigenvalue weighted by Crippen LogP contribution is 2.28. The van der Waals surface area contributed by atoms with Crippen molar-refractivity contribution in [1.29, 1.82) is 5.26 Å². The van der Waals surface area contributed by atoms with Crippen LogP contribution in [0.15, 0.2) is 36.4 Å². The van der Waals surface area contributed by atoms with Crippen molar-refractivity contribution in [3.05, 3.63) is 53.3 Å². The Kier molecular flexibility index (Phi) is 4.84. The zero-order chi connectivity index (χ0) is 20.6. The molecule has 10 heteroatoms. The maximum atomic E-state index is 13.1. The van der Waals surface area contributed by atoms with Gasteiger partial charge in [-0.25, -0.2) is 0 Å². The zero-order valence-electron chi connectivity index (χ0n) is 15.6. The molecule has 0 spiro atoms. The summed E-state index contributed by atoms with van der Waals surface area (Å²) in [5, 5.41) is 19.8. The molecule has 1 aromatic carbocycles. The van der Waals surface area contributed by atoms with Gasteiger partial charge in [0.1, 0.15) is 5.82 Å². The summed E-state index contributed by atoms with van der Waals surface area (Å²) in [6, 6.07) is 13.0. The van der Waals surface area contributed by atoms with Crippen LogP contribution >= 0.6 is 0 Å². The first kappa shape index (κ1) is 19.1. The van der Waals surface area contributed by atoms with Gasteiger partial charge in [-0.2, -0.15) is 22.9 Å². The highest BCUT2D eigenvalue weighted by molar-refractivity contribution is 5.46. The maximum absolute atomic E-state index is 13.1. The molecule has 0 amide bonds. The Morgan fingerprint density at radius 1 is 1.00 bits per heavy atom. The molecule has 3 heterocycles. The molecule has 1 saturated heterocycles. The highest BCUT2D eigenvalue weighted by atomic mass is 19.4. The van der Waals surface area contributed by atoms with Gasteiger partial charge in [0, 0.05) is 32.2 Å². The third-order valence-electron chi connectivity index (χ3n) is 5.21. The predicted molar refractivity (Wildman–Crippen MR) is 99.1 cm³/mol. The molecule has 150 valence electrons. The van der Waals surface area contributed by atoms with Crippen LogP contribution in [0.25, 0.3) is 5.65 Å². The smallest absolute Gasteiger partial charge is 0.353 e. The number of anilines is 1. The van der Waals surface area contributed by atoms with Gasteiger partial charge in [0.2, 0.25) is 0 Å². The van der Waals surface area contributed by atoms with Crippen molar-refractivity contribution in [3.63, 3.8) is 0 Å².